The zero-order valence-corrected chi connectivity index (χ0v) is 10.8. The van der Waals surface area contributed by atoms with E-state index in [4.69, 9.17) is 9.47 Å². The smallest absolute Gasteiger partial charge is 0.146 e. The standard InChI is InChI=1S/C12H20N4O2/c1-16-9-14-15-11(16)7-13-10-2-4-18-12(6-10)3-5-17-8-12/h9-10,13H,2-8H2,1H3. The normalized spacial score (nSPS) is 32.2. The Kier molecular flexibility index (Phi) is 3.32. The van der Waals surface area contributed by atoms with Crippen LogP contribution in [0.2, 0.25) is 0 Å². The van der Waals surface area contributed by atoms with Gasteiger partial charge in [0.2, 0.25) is 0 Å². The number of aromatic nitrogens is 3. The average Bonchev–Trinajstić information content (AvgIpc) is 2.97. The Morgan fingerprint density at radius 2 is 2.50 bits per heavy atom. The highest BCUT2D eigenvalue weighted by atomic mass is 16.6. The second kappa shape index (κ2) is 4.95. The maximum absolute atomic E-state index is 5.92. The molecular weight excluding hydrogens is 232 g/mol. The molecule has 18 heavy (non-hydrogen) atoms. The van der Waals surface area contributed by atoms with Gasteiger partial charge in [-0.3, -0.25) is 0 Å². The van der Waals surface area contributed by atoms with Crippen molar-refractivity contribution in [2.45, 2.75) is 37.5 Å². The van der Waals surface area contributed by atoms with Crippen LogP contribution in [0, 0.1) is 0 Å². The molecule has 1 aromatic rings. The van der Waals surface area contributed by atoms with Crippen molar-refractivity contribution in [1.82, 2.24) is 20.1 Å². The number of hydrogen-bond acceptors (Lipinski definition) is 5. The Morgan fingerprint density at radius 3 is 3.22 bits per heavy atom. The molecule has 0 radical (unpaired) electrons. The van der Waals surface area contributed by atoms with Crippen molar-refractivity contribution in [1.29, 1.82) is 0 Å². The maximum Gasteiger partial charge on any atom is 0.146 e. The molecule has 0 amide bonds. The maximum atomic E-state index is 5.92. The first-order chi connectivity index (χ1) is 8.77. The molecule has 2 unspecified atom stereocenters. The molecule has 3 heterocycles. The van der Waals surface area contributed by atoms with E-state index < -0.39 is 0 Å². The lowest BCUT2D eigenvalue weighted by molar-refractivity contribution is -0.0895. The Hall–Kier alpha value is -0.980. The Balaban J connectivity index is 1.55. The Bertz CT molecular complexity index is 401. The zero-order chi connectivity index (χ0) is 12.4. The van der Waals surface area contributed by atoms with Gasteiger partial charge in [0, 0.05) is 32.7 Å². The van der Waals surface area contributed by atoms with Crippen LogP contribution >= 0.6 is 0 Å². The third kappa shape index (κ3) is 2.41. The topological polar surface area (TPSA) is 61.2 Å². The molecule has 0 saturated carbocycles. The van der Waals surface area contributed by atoms with Crippen LogP contribution in [0.25, 0.3) is 0 Å². The van der Waals surface area contributed by atoms with Gasteiger partial charge in [0.1, 0.15) is 12.2 Å². The van der Waals surface area contributed by atoms with E-state index in [0.29, 0.717) is 6.04 Å². The molecule has 0 bridgehead atoms. The largest absolute Gasteiger partial charge is 0.378 e. The predicted molar refractivity (Wildman–Crippen MR) is 65.0 cm³/mol. The molecule has 2 aliphatic rings. The highest BCUT2D eigenvalue weighted by Crippen LogP contribution is 2.32. The summed E-state index contributed by atoms with van der Waals surface area (Å²) in [6, 6.07) is 0.483. The van der Waals surface area contributed by atoms with Gasteiger partial charge < -0.3 is 19.4 Å². The average molecular weight is 252 g/mol. The van der Waals surface area contributed by atoms with Gasteiger partial charge in [0.15, 0.2) is 0 Å². The number of nitrogens with zero attached hydrogens (tertiary/aromatic N) is 3. The molecule has 2 fully saturated rings. The summed E-state index contributed by atoms with van der Waals surface area (Å²) in [5, 5.41) is 11.5. The van der Waals surface area contributed by atoms with Crippen LogP contribution in [-0.4, -0.2) is 46.2 Å². The monoisotopic (exact) mass is 252 g/mol. The van der Waals surface area contributed by atoms with Crippen molar-refractivity contribution in [3.63, 3.8) is 0 Å². The van der Waals surface area contributed by atoms with Crippen LogP contribution in [0.5, 0.6) is 0 Å². The van der Waals surface area contributed by atoms with E-state index in [1.54, 1.807) is 6.33 Å². The van der Waals surface area contributed by atoms with Gasteiger partial charge in [-0.05, 0) is 12.8 Å². The van der Waals surface area contributed by atoms with Crippen molar-refractivity contribution < 1.29 is 9.47 Å². The van der Waals surface area contributed by atoms with E-state index in [0.717, 1.165) is 51.5 Å². The summed E-state index contributed by atoms with van der Waals surface area (Å²) in [5.74, 6) is 0.971. The molecule has 1 aromatic heterocycles. The SMILES string of the molecule is Cn1cnnc1CNC1CCOC2(CCOC2)C1. The first-order valence-corrected chi connectivity index (χ1v) is 6.55. The summed E-state index contributed by atoms with van der Waals surface area (Å²) >= 11 is 0. The molecular formula is C12H20N4O2. The molecule has 6 heteroatoms. The van der Waals surface area contributed by atoms with Crippen molar-refractivity contribution in [2.24, 2.45) is 7.05 Å². The Morgan fingerprint density at radius 1 is 1.56 bits per heavy atom. The number of hydrogen-bond donors (Lipinski definition) is 1. The summed E-state index contributed by atoms with van der Waals surface area (Å²) in [7, 11) is 1.97. The molecule has 0 aliphatic carbocycles. The van der Waals surface area contributed by atoms with Gasteiger partial charge in [-0.2, -0.15) is 0 Å². The molecule has 1 spiro atoms. The molecule has 2 aliphatic heterocycles. The van der Waals surface area contributed by atoms with Crippen molar-refractivity contribution in [3.8, 4) is 0 Å². The highest BCUT2D eigenvalue weighted by molar-refractivity contribution is 4.94. The fourth-order valence-corrected chi connectivity index (χ4v) is 2.77. The van der Waals surface area contributed by atoms with Gasteiger partial charge in [0.25, 0.3) is 0 Å². The molecule has 3 rings (SSSR count). The third-order valence-electron chi connectivity index (χ3n) is 3.91. The Labute approximate surface area is 107 Å². The minimum absolute atomic E-state index is 0.0319. The van der Waals surface area contributed by atoms with Crippen LogP contribution in [0.3, 0.4) is 0 Å². The molecule has 6 nitrogen and oxygen atoms in total. The molecule has 2 atom stereocenters. The summed E-state index contributed by atoms with van der Waals surface area (Å²) < 4.78 is 13.3. The number of rotatable bonds is 3. The number of ether oxygens (including phenoxy) is 2. The van der Waals surface area contributed by atoms with Crippen LogP contribution in [0.15, 0.2) is 6.33 Å². The quantitative estimate of drug-likeness (QED) is 0.835. The van der Waals surface area contributed by atoms with Crippen LogP contribution in [0.4, 0.5) is 0 Å². The number of nitrogens with one attached hydrogen (secondary N) is 1. The lowest BCUT2D eigenvalue weighted by Crippen LogP contribution is -2.47. The minimum Gasteiger partial charge on any atom is -0.378 e. The summed E-state index contributed by atoms with van der Waals surface area (Å²) in [6.45, 7) is 3.16. The van der Waals surface area contributed by atoms with E-state index >= 15 is 0 Å². The highest BCUT2D eigenvalue weighted by Gasteiger charge is 2.40. The fourth-order valence-electron chi connectivity index (χ4n) is 2.77. The molecule has 0 aromatic carbocycles. The lowest BCUT2D eigenvalue weighted by Gasteiger charge is -2.37. The second-order valence-electron chi connectivity index (χ2n) is 5.26. The summed E-state index contributed by atoms with van der Waals surface area (Å²) in [5.41, 5.74) is -0.0319. The van der Waals surface area contributed by atoms with Gasteiger partial charge in [-0.15, -0.1) is 10.2 Å². The predicted octanol–water partition coefficient (Wildman–Crippen LogP) is 0.243. The van der Waals surface area contributed by atoms with E-state index in [1.807, 2.05) is 11.6 Å². The van der Waals surface area contributed by atoms with Crippen LogP contribution in [-0.2, 0) is 23.1 Å². The lowest BCUT2D eigenvalue weighted by atomic mass is 9.90. The zero-order valence-electron chi connectivity index (χ0n) is 10.8. The second-order valence-corrected chi connectivity index (χ2v) is 5.26. The fraction of sp³-hybridized carbons (Fsp3) is 0.833. The summed E-state index contributed by atoms with van der Waals surface area (Å²) in [6.07, 6.45) is 4.84. The third-order valence-corrected chi connectivity index (χ3v) is 3.91. The van der Waals surface area contributed by atoms with Crippen molar-refractivity contribution in [2.75, 3.05) is 19.8 Å². The van der Waals surface area contributed by atoms with E-state index in [9.17, 15) is 0 Å². The van der Waals surface area contributed by atoms with E-state index in [2.05, 4.69) is 15.5 Å². The van der Waals surface area contributed by atoms with Gasteiger partial charge in [-0.25, -0.2) is 0 Å². The molecule has 1 N–H and O–H groups in total. The number of aryl methyl sites for hydroxylation is 1. The minimum atomic E-state index is -0.0319. The van der Waals surface area contributed by atoms with E-state index in [1.165, 1.54) is 0 Å². The first-order valence-electron chi connectivity index (χ1n) is 6.55. The summed E-state index contributed by atoms with van der Waals surface area (Å²) in [4.78, 5) is 0. The molecule has 2 saturated heterocycles. The van der Waals surface area contributed by atoms with Gasteiger partial charge in [0.05, 0.1) is 18.8 Å². The first kappa shape index (κ1) is 12.1. The van der Waals surface area contributed by atoms with Crippen molar-refractivity contribution >= 4 is 0 Å². The molecule has 100 valence electrons. The van der Waals surface area contributed by atoms with Crippen LogP contribution < -0.4 is 5.32 Å². The van der Waals surface area contributed by atoms with E-state index in [-0.39, 0.29) is 5.60 Å². The van der Waals surface area contributed by atoms with Gasteiger partial charge in [-0.1, -0.05) is 0 Å². The van der Waals surface area contributed by atoms with Gasteiger partial charge >= 0.3 is 0 Å². The van der Waals surface area contributed by atoms with Crippen molar-refractivity contribution in [3.05, 3.63) is 12.2 Å². The van der Waals surface area contributed by atoms with Crippen LogP contribution in [0.1, 0.15) is 25.1 Å².